The Balaban J connectivity index is 1.06. The van der Waals surface area contributed by atoms with E-state index in [4.69, 9.17) is 13.9 Å². The zero-order valence-electron chi connectivity index (χ0n) is 26.0. The second-order valence-corrected chi connectivity index (χ2v) is 15.3. The third-order valence-corrected chi connectivity index (χ3v) is 13.8. The van der Waals surface area contributed by atoms with Crippen molar-refractivity contribution in [2.75, 3.05) is 52.5 Å². The highest BCUT2D eigenvalue weighted by molar-refractivity contribution is 5.31. The molecule has 1 N–H and O–H groups in total. The van der Waals surface area contributed by atoms with Crippen LogP contribution in [-0.2, 0) is 15.1 Å². The van der Waals surface area contributed by atoms with Gasteiger partial charge in [0, 0.05) is 24.1 Å². The molecule has 0 radical (unpaired) electrons. The first-order valence-corrected chi connectivity index (χ1v) is 17.3. The van der Waals surface area contributed by atoms with Gasteiger partial charge in [0.25, 0.3) is 0 Å². The van der Waals surface area contributed by atoms with E-state index < -0.39 is 11.2 Å². The van der Waals surface area contributed by atoms with Crippen molar-refractivity contribution in [3.8, 4) is 0 Å². The van der Waals surface area contributed by atoms with E-state index in [1.807, 2.05) is 6.26 Å². The topological polar surface area (TPSA) is 58.3 Å². The summed E-state index contributed by atoms with van der Waals surface area (Å²) < 4.78 is 19.2. The molecule has 0 aromatic carbocycles. The molecule has 6 aliphatic rings. The third kappa shape index (κ3) is 4.69. The number of fused-ring (bicyclic) bond motifs is 5. The number of hydrogen-bond donors (Lipinski definition) is 1. The molecule has 7 rings (SSSR count). The Morgan fingerprint density at radius 3 is 2.29 bits per heavy atom. The van der Waals surface area contributed by atoms with E-state index in [1.165, 1.54) is 84.0 Å². The number of likely N-dealkylation sites (tertiary alicyclic amines) is 2. The number of ether oxygens (including phenoxy) is 2. The molecule has 3 heterocycles. The van der Waals surface area contributed by atoms with Gasteiger partial charge in [-0.15, -0.1) is 0 Å². The zero-order chi connectivity index (χ0) is 28.1. The lowest BCUT2D eigenvalue weighted by atomic mass is 9.43. The van der Waals surface area contributed by atoms with Gasteiger partial charge in [0.2, 0.25) is 0 Å². The van der Waals surface area contributed by atoms with Gasteiger partial charge in [-0.1, -0.05) is 13.8 Å². The summed E-state index contributed by atoms with van der Waals surface area (Å²) in [6.45, 7) is 13.6. The summed E-state index contributed by atoms with van der Waals surface area (Å²) >= 11 is 0. The molecule has 0 amide bonds. The second-order valence-electron chi connectivity index (χ2n) is 15.3. The van der Waals surface area contributed by atoms with Crippen molar-refractivity contribution in [1.29, 1.82) is 0 Å². The van der Waals surface area contributed by atoms with Crippen LogP contribution >= 0.6 is 0 Å². The van der Waals surface area contributed by atoms with Gasteiger partial charge in [0.15, 0.2) is 0 Å². The van der Waals surface area contributed by atoms with Gasteiger partial charge in [0.05, 0.1) is 37.4 Å². The Hall–Kier alpha value is -0.920. The summed E-state index contributed by atoms with van der Waals surface area (Å²) in [5.74, 6) is 1.67. The average molecular weight is 569 g/mol. The lowest BCUT2D eigenvalue weighted by Gasteiger charge is -2.64. The fourth-order valence-corrected chi connectivity index (χ4v) is 11.3. The minimum atomic E-state index is -0.697. The van der Waals surface area contributed by atoms with Crippen molar-refractivity contribution in [2.45, 2.75) is 115 Å². The largest absolute Gasteiger partial charge is 0.472 e. The van der Waals surface area contributed by atoms with Crippen LogP contribution in [0, 0.1) is 28.6 Å². The van der Waals surface area contributed by atoms with Crippen LogP contribution < -0.4 is 0 Å². The van der Waals surface area contributed by atoms with E-state index in [0.717, 1.165) is 63.5 Å². The van der Waals surface area contributed by atoms with Crippen LogP contribution in [0.5, 0.6) is 0 Å². The molecular weight excluding hydrogens is 512 g/mol. The molecule has 1 aromatic rings. The molecule has 230 valence electrons. The van der Waals surface area contributed by atoms with Gasteiger partial charge in [-0.3, -0.25) is 0 Å². The normalized spacial score (nSPS) is 45.0. The number of nitrogens with zero attached hydrogens (tertiary/aromatic N) is 2. The molecular formula is C35H56N2O4. The standard InChI is InChI=1S/C35H56N2O4/c1-32-12-9-29(40-23-20-36-16-3-4-17-36)25-27(32)7-8-31-30(32)10-13-33(2)34(31,38)14-15-35(33,28-11-22-39-26-28)41-24-21-37-18-5-6-19-37/h11,22,26-27,29-31,38H,3-10,12-21,23-25H2,1-2H3/t27-,29-,30-,31+,32-,33-,34-,35-/m0/s1. The molecule has 4 aliphatic carbocycles. The molecule has 6 heteroatoms. The van der Waals surface area contributed by atoms with Crippen LogP contribution in [0.15, 0.2) is 23.0 Å². The summed E-state index contributed by atoms with van der Waals surface area (Å²) in [6.07, 6.45) is 19.4. The minimum absolute atomic E-state index is 0.310. The molecule has 41 heavy (non-hydrogen) atoms. The minimum Gasteiger partial charge on any atom is -0.472 e. The highest BCUT2D eigenvalue weighted by Gasteiger charge is 2.73. The predicted molar refractivity (Wildman–Crippen MR) is 161 cm³/mol. The summed E-state index contributed by atoms with van der Waals surface area (Å²) in [7, 11) is 0. The average Bonchev–Trinajstić information content (AvgIpc) is 3.79. The Bertz CT molecular complexity index is 1020. The summed E-state index contributed by atoms with van der Waals surface area (Å²) in [6, 6.07) is 2.11. The van der Waals surface area contributed by atoms with Crippen LogP contribution in [0.4, 0.5) is 0 Å². The van der Waals surface area contributed by atoms with Gasteiger partial charge in [0.1, 0.15) is 5.60 Å². The monoisotopic (exact) mass is 568 g/mol. The van der Waals surface area contributed by atoms with Crippen molar-refractivity contribution >= 4 is 0 Å². The second kappa shape index (κ2) is 11.2. The maximum Gasteiger partial charge on any atom is 0.104 e. The molecule has 2 aliphatic heterocycles. The quantitative estimate of drug-likeness (QED) is 0.381. The van der Waals surface area contributed by atoms with Gasteiger partial charge in [-0.05, 0) is 139 Å². The molecule has 2 saturated heterocycles. The molecule has 0 bridgehead atoms. The first kappa shape index (κ1) is 28.8. The molecule has 6 nitrogen and oxygen atoms in total. The number of rotatable bonds is 9. The highest BCUT2D eigenvalue weighted by atomic mass is 16.5. The fourth-order valence-electron chi connectivity index (χ4n) is 11.3. The van der Waals surface area contributed by atoms with Crippen molar-refractivity contribution < 1.29 is 19.0 Å². The van der Waals surface area contributed by atoms with Crippen molar-refractivity contribution in [3.63, 3.8) is 0 Å². The maximum atomic E-state index is 12.9. The van der Waals surface area contributed by atoms with E-state index in [9.17, 15) is 5.11 Å². The lowest BCUT2D eigenvalue weighted by Crippen LogP contribution is -2.65. The molecule has 8 atom stereocenters. The van der Waals surface area contributed by atoms with Crippen LogP contribution in [0.1, 0.15) is 103 Å². The number of furan rings is 1. The van der Waals surface area contributed by atoms with Crippen LogP contribution in [0.2, 0.25) is 0 Å². The lowest BCUT2D eigenvalue weighted by molar-refractivity contribution is -0.249. The highest BCUT2D eigenvalue weighted by Crippen LogP contribution is 2.72. The Morgan fingerprint density at radius 1 is 0.854 bits per heavy atom. The summed E-state index contributed by atoms with van der Waals surface area (Å²) in [5, 5.41) is 12.9. The van der Waals surface area contributed by atoms with Gasteiger partial charge in [-0.2, -0.15) is 0 Å². The molecule has 6 fully saturated rings. The SMILES string of the molecule is C[C@]12CC[C@H](OCCN3CCCC3)C[C@@H]1CC[C@@H]1[C@@H]2CC[C@]2(C)[C@@](OCCN3CCCC3)(c3ccoc3)CC[C@]12O. The summed E-state index contributed by atoms with van der Waals surface area (Å²) in [4.78, 5) is 5.11. The van der Waals surface area contributed by atoms with E-state index in [1.54, 1.807) is 6.26 Å². The summed E-state index contributed by atoms with van der Waals surface area (Å²) in [5.41, 5.74) is -0.0283. The Kier molecular flexibility index (Phi) is 7.89. The molecule has 0 spiro atoms. The van der Waals surface area contributed by atoms with E-state index in [-0.39, 0.29) is 5.41 Å². The first-order valence-electron chi connectivity index (χ1n) is 17.3. The van der Waals surface area contributed by atoms with E-state index in [2.05, 4.69) is 29.7 Å². The third-order valence-electron chi connectivity index (χ3n) is 13.8. The van der Waals surface area contributed by atoms with Crippen LogP contribution in [-0.4, -0.2) is 79.1 Å². The fraction of sp³-hybridized carbons (Fsp3) is 0.886. The zero-order valence-corrected chi connectivity index (χ0v) is 26.0. The molecule has 4 saturated carbocycles. The van der Waals surface area contributed by atoms with Crippen LogP contribution in [0.3, 0.4) is 0 Å². The van der Waals surface area contributed by atoms with Gasteiger partial charge in [-0.25, -0.2) is 0 Å². The van der Waals surface area contributed by atoms with E-state index in [0.29, 0.717) is 23.4 Å². The van der Waals surface area contributed by atoms with Gasteiger partial charge >= 0.3 is 0 Å². The molecule has 0 unspecified atom stereocenters. The van der Waals surface area contributed by atoms with Crippen molar-refractivity contribution in [1.82, 2.24) is 9.80 Å². The smallest absolute Gasteiger partial charge is 0.104 e. The number of aliphatic hydroxyl groups is 1. The van der Waals surface area contributed by atoms with Crippen molar-refractivity contribution in [2.24, 2.45) is 28.6 Å². The van der Waals surface area contributed by atoms with Gasteiger partial charge < -0.3 is 28.8 Å². The van der Waals surface area contributed by atoms with Crippen molar-refractivity contribution in [3.05, 3.63) is 24.2 Å². The molecule has 1 aromatic heterocycles. The Labute approximate surface area is 248 Å². The van der Waals surface area contributed by atoms with Crippen LogP contribution in [0.25, 0.3) is 0 Å². The maximum absolute atomic E-state index is 12.9. The number of hydrogen-bond acceptors (Lipinski definition) is 6. The Morgan fingerprint density at radius 2 is 1.59 bits per heavy atom. The predicted octanol–water partition coefficient (Wildman–Crippen LogP) is 6.23. The first-order chi connectivity index (χ1) is 19.9. The van der Waals surface area contributed by atoms with E-state index >= 15 is 0 Å².